The van der Waals surface area contributed by atoms with E-state index in [-0.39, 0.29) is 15.7 Å². The lowest BCUT2D eigenvalue weighted by molar-refractivity contribution is 0.373. The Hall–Kier alpha value is 0.300. The first-order chi connectivity index (χ1) is 6.58. The number of nitrogens with one attached hydrogen (secondary N) is 1. The molecule has 1 atom stereocenters. The molecule has 0 aromatic carbocycles. The topological polar surface area (TPSA) is 66.4 Å². The van der Waals surface area contributed by atoms with Crippen LogP contribution in [0.3, 0.4) is 0 Å². The molecule has 1 saturated carbocycles. The molecule has 0 aliphatic heterocycles. The Labute approximate surface area is 95.6 Å². The molecule has 0 bridgehead atoms. The SMILES string of the molecule is O=S(=O)(O)CCCNC1CCCCC1.P. The van der Waals surface area contributed by atoms with Gasteiger partial charge in [0.2, 0.25) is 0 Å². The van der Waals surface area contributed by atoms with Crippen molar-refractivity contribution < 1.29 is 13.0 Å². The normalized spacial score (nSPS) is 18.5. The second-order valence-corrected chi connectivity index (χ2v) is 5.50. The van der Waals surface area contributed by atoms with Gasteiger partial charge in [-0.25, -0.2) is 0 Å². The van der Waals surface area contributed by atoms with Crippen molar-refractivity contribution in [3.05, 3.63) is 0 Å². The van der Waals surface area contributed by atoms with Gasteiger partial charge in [-0.3, -0.25) is 4.55 Å². The van der Waals surface area contributed by atoms with Gasteiger partial charge in [0.15, 0.2) is 0 Å². The minimum absolute atomic E-state index is 0. The molecule has 0 spiro atoms. The summed E-state index contributed by atoms with van der Waals surface area (Å²) in [4.78, 5) is 0. The van der Waals surface area contributed by atoms with E-state index in [0.717, 1.165) is 0 Å². The van der Waals surface area contributed by atoms with Crippen LogP contribution in [0, 0.1) is 0 Å². The zero-order valence-electron chi connectivity index (χ0n) is 9.11. The van der Waals surface area contributed by atoms with Gasteiger partial charge in [0.25, 0.3) is 10.1 Å². The van der Waals surface area contributed by atoms with E-state index in [1.165, 1.54) is 32.1 Å². The van der Waals surface area contributed by atoms with E-state index in [4.69, 9.17) is 4.55 Å². The lowest BCUT2D eigenvalue weighted by Crippen LogP contribution is -2.32. The van der Waals surface area contributed by atoms with Gasteiger partial charge in [0.1, 0.15) is 0 Å². The molecule has 1 fully saturated rings. The van der Waals surface area contributed by atoms with Crippen LogP contribution in [0.4, 0.5) is 0 Å². The van der Waals surface area contributed by atoms with Crippen LogP contribution in [0.25, 0.3) is 0 Å². The molecule has 0 heterocycles. The molecule has 6 heteroatoms. The van der Waals surface area contributed by atoms with E-state index >= 15 is 0 Å². The van der Waals surface area contributed by atoms with Crippen molar-refractivity contribution in [2.75, 3.05) is 12.3 Å². The molecule has 0 aromatic rings. The summed E-state index contributed by atoms with van der Waals surface area (Å²) in [5.41, 5.74) is 0. The summed E-state index contributed by atoms with van der Waals surface area (Å²) in [5.74, 6) is -0.132. The van der Waals surface area contributed by atoms with E-state index in [9.17, 15) is 8.42 Å². The maximum Gasteiger partial charge on any atom is 0.264 e. The molecule has 1 aliphatic rings. The summed E-state index contributed by atoms with van der Waals surface area (Å²) >= 11 is 0. The molecular formula is C9H22NO3PS. The highest BCUT2D eigenvalue weighted by Crippen LogP contribution is 2.17. The third-order valence-electron chi connectivity index (χ3n) is 2.62. The van der Waals surface area contributed by atoms with Crippen molar-refractivity contribution in [1.82, 2.24) is 5.32 Å². The molecule has 0 radical (unpaired) electrons. The lowest BCUT2D eigenvalue weighted by atomic mass is 9.95. The third kappa shape index (κ3) is 8.14. The van der Waals surface area contributed by atoms with Crippen LogP contribution in [0.15, 0.2) is 0 Å². The Kier molecular flexibility index (Phi) is 7.70. The molecule has 2 N–H and O–H groups in total. The van der Waals surface area contributed by atoms with Crippen molar-refractivity contribution in [1.29, 1.82) is 0 Å². The van der Waals surface area contributed by atoms with Crippen LogP contribution in [0.2, 0.25) is 0 Å². The second kappa shape index (κ2) is 7.55. The van der Waals surface area contributed by atoms with E-state index < -0.39 is 10.1 Å². The Morgan fingerprint density at radius 2 is 1.80 bits per heavy atom. The van der Waals surface area contributed by atoms with Crippen LogP contribution < -0.4 is 5.32 Å². The van der Waals surface area contributed by atoms with Gasteiger partial charge in [-0.1, -0.05) is 19.3 Å². The van der Waals surface area contributed by atoms with Gasteiger partial charge in [-0.05, 0) is 25.8 Å². The van der Waals surface area contributed by atoms with Crippen LogP contribution >= 0.6 is 9.90 Å². The van der Waals surface area contributed by atoms with Gasteiger partial charge in [-0.15, -0.1) is 0 Å². The summed E-state index contributed by atoms with van der Waals surface area (Å²) < 4.78 is 29.3. The number of rotatable bonds is 5. The first-order valence-corrected chi connectivity index (χ1v) is 6.87. The van der Waals surface area contributed by atoms with Gasteiger partial charge in [0.05, 0.1) is 5.75 Å². The van der Waals surface area contributed by atoms with Crippen molar-refractivity contribution in [3.63, 3.8) is 0 Å². The van der Waals surface area contributed by atoms with Crippen LogP contribution in [-0.4, -0.2) is 31.3 Å². The average Bonchev–Trinajstić information content (AvgIpc) is 2.13. The van der Waals surface area contributed by atoms with Crippen molar-refractivity contribution in [2.45, 2.75) is 44.6 Å². The first-order valence-electron chi connectivity index (χ1n) is 5.26. The predicted octanol–water partition coefficient (Wildman–Crippen LogP) is 1.24. The van der Waals surface area contributed by atoms with E-state index in [2.05, 4.69) is 5.32 Å². The van der Waals surface area contributed by atoms with Gasteiger partial charge >= 0.3 is 0 Å². The third-order valence-corrected chi connectivity index (χ3v) is 3.42. The predicted molar refractivity (Wildman–Crippen MR) is 67.0 cm³/mol. The van der Waals surface area contributed by atoms with Crippen LogP contribution in [-0.2, 0) is 10.1 Å². The fourth-order valence-electron chi connectivity index (χ4n) is 1.87. The standard InChI is InChI=1S/C9H19NO3S.H3P/c11-14(12,13)8-4-7-10-9-5-2-1-3-6-9;/h9-10H,1-8H2,(H,11,12,13);1H3. The van der Waals surface area contributed by atoms with E-state index in [1.54, 1.807) is 0 Å². The molecule has 1 rings (SSSR count). The van der Waals surface area contributed by atoms with Crippen molar-refractivity contribution in [2.24, 2.45) is 0 Å². The highest BCUT2D eigenvalue weighted by atomic mass is 32.2. The Morgan fingerprint density at radius 3 is 2.33 bits per heavy atom. The molecule has 1 unspecified atom stereocenters. The minimum Gasteiger partial charge on any atom is -0.314 e. The molecule has 1 aliphatic carbocycles. The van der Waals surface area contributed by atoms with Gasteiger partial charge < -0.3 is 5.32 Å². The summed E-state index contributed by atoms with van der Waals surface area (Å²) in [6.07, 6.45) is 6.77. The summed E-state index contributed by atoms with van der Waals surface area (Å²) in [6.45, 7) is 0.685. The summed E-state index contributed by atoms with van der Waals surface area (Å²) in [5, 5.41) is 3.32. The smallest absolute Gasteiger partial charge is 0.264 e. The van der Waals surface area contributed by atoms with Crippen LogP contribution in [0.1, 0.15) is 38.5 Å². The molecule has 0 amide bonds. The van der Waals surface area contributed by atoms with E-state index in [0.29, 0.717) is 19.0 Å². The number of hydrogen-bond donors (Lipinski definition) is 2. The Bertz CT molecular complexity index is 250. The fraction of sp³-hybridized carbons (Fsp3) is 1.00. The van der Waals surface area contributed by atoms with Crippen molar-refractivity contribution in [3.8, 4) is 0 Å². The molecule has 0 saturated heterocycles. The highest BCUT2D eigenvalue weighted by Gasteiger charge is 2.12. The summed E-state index contributed by atoms with van der Waals surface area (Å²) in [6, 6.07) is 0.560. The summed E-state index contributed by atoms with van der Waals surface area (Å²) in [7, 11) is -3.77. The van der Waals surface area contributed by atoms with E-state index in [1.807, 2.05) is 0 Å². The molecule has 92 valence electrons. The lowest BCUT2D eigenvalue weighted by Gasteiger charge is -2.22. The first kappa shape index (κ1) is 15.3. The van der Waals surface area contributed by atoms with Crippen molar-refractivity contribution >= 4 is 20.0 Å². The maximum atomic E-state index is 10.4. The Balaban J connectivity index is 0.00000196. The quantitative estimate of drug-likeness (QED) is 0.441. The second-order valence-electron chi connectivity index (χ2n) is 3.93. The molecule has 4 nitrogen and oxygen atoms in total. The average molecular weight is 255 g/mol. The Morgan fingerprint density at radius 1 is 1.20 bits per heavy atom. The maximum absolute atomic E-state index is 10.4. The number of hydrogen-bond acceptors (Lipinski definition) is 3. The monoisotopic (exact) mass is 255 g/mol. The highest BCUT2D eigenvalue weighted by molar-refractivity contribution is 7.85. The largest absolute Gasteiger partial charge is 0.314 e. The fourth-order valence-corrected chi connectivity index (χ4v) is 2.38. The van der Waals surface area contributed by atoms with Gasteiger partial charge in [-0.2, -0.15) is 18.3 Å². The van der Waals surface area contributed by atoms with Crippen LogP contribution in [0.5, 0.6) is 0 Å². The zero-order valence-corrected chi connectivity index (χ0v) is 11.3. The van der Waals surface area contributed by atoms with Gasteiger partial charge in [0, 0.05) is 6.04 Å². The molecular weight excluding hydrogens is 233 g/mol. The minimum atomic E-state index is -3.77. The zero-order chi connectivity index (χ0) is 10.4. The molecule has 0 aromatic heterocycles. The molecule has 15 heavy (non-hydrogen) atoms.